The fraction of sp³-hybridized carbons (Fsp3) is 0.333. The summed E-state index contributed by atoms with van der Waals surface area (Å²) in [6.07, 6.45) is 0.428. The van der Waals surface area contributed by atoms with Crippen molar-refractivity contribution >= 4 is 39.7 Å². The van der Waals surface area contributed by atoms with Crippen LogP contribution in [0, 0.1) is 0 Å². The molecule has 3 aromatic rings. The van der Waals surface area contributed by atoms with E-state index in [0.717, 1.165) is 15.6 Å². The molecule has 0 fully saturated rings. The van der Waals surface area contributed by atoms with Gasteiger partial charge in [-0.25, -0.2) is 4.98 Å². The van der Waals surface area contributed by atoms with Crippen molar-refractivity contribution in [1.29, 1.82) is 0 Å². The zero-order valence-corrected chi connectivity index (χ0v) is 16.5. The minimum atomic E-state index is -0.165. The van der Waals surface area contributed by atoms with Gasteiger partial charge in [-0.05, 0) is 12.1 Å². The fourth-order valence-electron chi connectivity index (χ4n) is 2.26. The van der Waals surface area contributed by atoms with Gasteiger partial charge in [-0.2, -0.15) is 9.61 Å². The number of anilines is 1. The Labute approximate surface area is 159 Å². The molecule has 3 rings (SSSR count). The number of carbonyl (C=O) groups excluding carboxylic acids is 1. The lowest BCUT2D eigenvalue weighted by Crippen LogP contribution is -2.15. The Balaban J connectivity index is 1.82. The van der Waals surface area contributed by atoms with E-state index in [0.29, 0.717) is 22.8 Å². The lowest BCUT2D eigenvalue weighted by Gasteiger charge is -2.09. The normalized spacial score (nSPS) is 11.2. The van der Waals surface area contributed by atoms with Crippen molar-refractivity contribution in [3.63, 3.8) is 0 Å². The lowest BCUT2D eigenvalue weighted by atomic mass is 10.2. The minimum Gasteiger partial charge on any atom is -0.325 e. The zero-order valence-electron chi connectivity index (χ0n) is 14.9. The first-order valence-electron chi connectivity index (χ1n) is 8.39. The molecule has 8 heteroatoms. The van der Waals surface area contributed by atoms with E-state index in [9.17, 15) is 9.59 Å². The molecule has 0 radical (unpaired) electrons. The Kier molecular flexibility index (Phi) is 5.73. The quantitative estimate of drug-likeness (QED) is 0.648. The second-order valence-corrected chi connectivity index (χ2v) is 8.07. The van der Waals surface area contributed by atoms with Gasteiger partial charge in [0.25, 0.3) is 5.56 Å². The van der Waals surface area contributed by atoms with Gasteiger partial charge in [-0.3, -0.25) is 9.59 Å². The number of benzene rings is 1. The first kappa shape index (κ1) is 18.6. The zero-order chi connectivity index (χ0) is 18.7. The second-order valence-electron chi connectivity index (χ2n) is 6.06. The molecule has 1 N–H and O–H groups in total. The summed E-state index contributed by atoms with van der Waals surface area (Å²) in [6, 6.07) is 9.16. The smallest absolute Gasteiger partial charge is 0.275 e. The monoisotopic (exact) mass is 388 g/mol. The Morgan fingerprint density at radius 3 is 2.85 bits per heavy atom. The van der Waals surface area contributed by atoms with Crippen LogP contribution in [-0.2, 0) is 10.5 Å². The van der Waals surface area contributed by atoms with E-state index in [1.54, 1.807) is 11.8 Å². The SMILES string of the molecule is CCC(=O)Nc1ccccc1SCc1cc(=O)n2nc(C(C)C)sc2n1. The Hall–Kier alpha value is -2.19. The van der Waals surface area contributed by atoms with Crippen LogP contribution in [0.25, 0.3) is 4.96 Å². The average Bonchev–Trinajstić information content (AvgIpc) is 3.06. The molecule has 0 spiro atoms. The molecule has 6 nitrogen and oxygen atoms in total. The van der Waals surface area contributed by atoms with Crippen molar-refractivity contribution in [2.75, 3.05) is 5.32 Å². The molecule has 1 aromatic carbocycles. The number of nitrogens with zero attached hydrogens (tertiary/aromatic N) is 3. The molecule has 2 heterocycles. The van der Waals surface area contributed by atoms with E-state index in [-0.39, 0.29) is 17.4 Å². The molecule has 2 aromatic heterocycles. The maximum absolute atomic E-state index is 12.3. The van der Waals surface area contributed by atoms with Crippen molar-refractivity contribution in [2.45, 2.75) is 43.8 Å². The van der Waals surface area contributed by atoms with Gasteiger partial charge in [0.2, 0.25) is 10.9 Å². The van der Waals surface area contributed by atoms with Crippen LogP contribution in [0.4, 0.5) is 5.69 Å². The van der Waals surface area contributed by atoms with Gasteiger partial charge in [0, 0.05) is 29.1 Å². The van der Waals surface area contributed by atoms with E-state index in [4.69, 9.17) is 0 Å². The number of fused-ring (bicyclic) bond motifs is 1. The topological polar surface area (TPSA) is 76.4 Å². The Morgan fingerprint density at radius 2 is 2.12 bits per heavy atom. The number of para-hydroxylation sites is 1. The summed E-state index contributed by atoms with van der Waals surface area (Å²) in [4.78, 5) is 30.1. The van der Waals surface area contributed by atoms with E-state index in [2.05, 4.69) is 15.4 Å². The predicted molar refractivity (Wildman–Crippen MR) is 106 cm³/mol. The van der Waals surface area contributed by atoms with Crippen molar-refractivity contribution < 1.29 is 4.79 Å². The summed E-state index contributed by atoms with van der Waals surface area (Å²) < 4.78 is 1.36. The van der Waals surface area contributed by atoms with E-state index < -0.39 is 0 Å². The van der Waals surface area contributed by atoms with Crippen LogP contribution in [-0.4, -0.2) is 20.5 Å². The van der Waals surface area contributed by atoms with Crippen LogP contribution >= 0.6 is 23.1 Å². The summed E-state index contributed by atoms with van der Waals surface area (Å²) in [5.41, 5.74) is 1.32. The first-order valence-corrected chi connectivity index (χ1v) is 10.2. The number of amides is 1. The first-order chi connectivity index (χ1) is 12.5. The molecule has 0 aliphatic rings. The molecule has 0 bridgehead atoms. The predicted octanol–water partition coefficient (Wildman–Crippen LogP) is 3.92. The van der Waals surface area contributed by atoms with Crippen LogP contribution in [0.15, 0.2) is 40.0 Å². The molecule has 26 heavy (non-hydrogen) atoms. The highest BCUT2D eigenvalue weighted by atomic mass is 32.2. The van der Waals surface area contributed by atoms with Gasteiger partial charge in [-0.1, -0.05) is 44.2 Å². The summed E-state index contributed by atoms with van der Waals surface area (Å²) in [5.74, 6) is 0.773. The van der Waals surface area contributed by atoms with Gasteiger partial charge in [0.05, 0.1) is 11.4 Å². The lowest BCUT2D eigenvalue weighted by molar-refractivity contribution is -0.115. The van der Waals surface area contributed by atoms with Crippen LogP contribution < -0.4 is 10.9 Å². The summed E-state index contributed by atoms with van der Waals surface area (Å²) in [5, 5.41) is 8.13. The van der Waals surface area contributed by atoms with Gasteiger partial charge in [0.1, 0.15) is 5.01 Å². The minimum absolute atomic E-state index is 0.0262. The highest BCUT2D eigenvalue weighted by Gasteiger charge is 2.12. The van der Waals surface area contributed by atoms with Crippen LogP contribution in [0.3, 0.4) is 0 Å². The Bertz CT molecular complexity index is 994. The third-order valence-electron chi connectivity index (χ3n) is 3.67. The number of hydrogen-bond acceptors (Lipinski definition) is 6. The van der Waals surface area contributed by atoms with Gasteiger partial charge in [-0.15, -0.1) is 11.8 Å². The van der Waals surface area contributed by atoms with Gasteiger partial charge >= 0.3 is 0 Å². The molecule has 0 unspecified atom stereocenters. The summed E-state index contributed by atoms with van der Waals surface area (Å²) >= 11 is 2.99. The van der Waals surface area contributed by atoms with Crippen molar-refractivity contribution in [3.8, 4) is 0 Å². The number of nitrogens with one attached hydrogen (secondary N) is 1. The van der Waals surface area contributed by atoms with Crippen molar-refractivity contribution in [2.24, 2.45) is 0 Å². The summed E-state index contributed by atoms with van der Waals surface area (Å²) in [7, 11) is 0. The molecule has 0 atom stereocenters. The number of hydrogen-bond donors (Lipinski definition) is 1. The van der Waals surface area contributed by atoms with E-state index >= 15 is 0 Å². The number of carbonyl (C=O) groups is 1. The third kappa shape index (κ3) is 4.13. The maximum atomic E-state index is 12.3. The molecular formula is C18H20N4O2S2. The molecule has 1 amide bonds. The van der Waals surface area contributed by atoms with Crippen molar-refractivity contribution in [1.82, 2.24) is 14.6 Å². The van der Waals surface area contributed by atoms with Crippen LogP contribution in [0.2, 0.25) is 0 Å². The molecule has 136 valence electrons. The Morgan fingerprint density at radius 1 is 1.35 bits per heavy atom. The largest absolute Gasteiger partial charge is 0.325 e. The highest BCUT2D eigenvalue weighted by molar-refractivity contribution is 7.98. The van der Waals surface area contributed by atoms with Crippen LogP contribution in [0.1, 0.15) is 43.8 Å². The second kappa shape index (κ2) is 8.01. The fourth-order valence-corrected chi connectivity index (χ4v) is 4.09. The van der Waals surface area contributed by atoms with E-state index in [1.165, 1.54) is 21.9 Å². The van der Waals surface area contributed by atoms with E-state index in [1.807, 2.05) is 45.0 Å². The molecule has 0 saturated carbocycles. The summed E-state index contributed by atoms with van der Waals surface area (Å²) in [6.45, 7) is 5.90. The number of thioether (sulfide) groups is 1. The standard InChI is InChI=1S/C18H20N4O2S2/c1-4-15(23)20-13-7-5-6-8-14(13)25-10-12-9-16(24)22-18(19-12)26-17(21-22)11(2)3/h5-9,11H,4,10H2,1-3H3,(H,20,23). The van der Waals surface area contributed by atoms with Gasteiger partial charge < -0.3 is 5.32 Å². The average molecular weight is 389 g/mol. The van der Waals surface area contributed by atoms with Gasteiger partial charge in [0.15, 0.2) is 0 Å². The highest BCUT2D eigenvalue weighted by Crippen LogP contribution is 2.29. The molecular weight excluding hydrogens is 368 g/mol. The van der Waals surface area contributed by atoms with Crippen LogP contribution in [0.5, 0.6) is 0 Å². The van der Waals surface area contributed by atoms with Crippen molar-refractivity contribution in [3.05, 3.63) is 51.4 Å². The molecule has 0 aliphatic heterocycles. The molecule has 0 aliphatic carbocycles. The number of aromatic nitrogens is 3. The number of rotatable bonds is 6. The molecule has 0 saturated heterocycles. The third-order valence-corrected chi connectivity index (χ3v) is 5.98. The maximum Gasteiger partial charge on any atom is 0.275 e.